The summed E-state index contributed by atoms with van der Waals surface area (Å²) >= 11 is 0. The molecule has 0 N–H and O–H groups in total. The summed E-state index contributed by atoms with van der Waals surface area (Å²) in [6.07, 6.45) is 0. The third kappa shape index (κ3) is 7.75. The molecule has 1 fully saturated rings. The molecule has 1 aliphatic rings. The molecule has 1 saturated heterocycles. The molecular weight excluding hydrogens is 385 g/mol. The highest BCUT2D eigenvalue weighted by Crippen LogP contribution is 2.26. The molecule has 0 aromatic rings. The molecule has 0 aliphatic carbocycles. The zero-order valence-corrected chi connectivity index (χ0v) is 21.9. The molecule has 1 aliphatic heterocycles. The van der Waals surface area contributed by atoms with E-state index in [0.29, 0.717) is 0 Å². The molecule has 0 spiro atoms. The predicted molar refractivity (Wildman–Crippen MR) is 102 cm³/mol. The van der Waals surface area contributed by atoms with Gasteiger partial charge in [0.25, 0.3) is 0 Å². The Bertz CT molecular complexity index is 335. The molecule has 0 radical (unpaired) electrons. The summed E-state index contributed by atoms with van der Waals surface area (Å²) in [5.41, 5.74) is 0. The number of rotatable bonds is 4. The van der Waals surface area contributed by atoms with E-state index < -0.39 is 52.8 Å². The number of hydrogen-bond acceptors (Lipinski definition) is 6. The SMILES string of the molecule is C[SiH]1O[Si](C)(O[Si](C)(C)C)O[SiH](C)O[Si](C)(O[Si](C)(C)C)O1. The van der Waals surface area contributed by atoms with Gasteiger partial charge in [0.15, 0.2) is 16.6 Å². The van der Waals surface area contributed by atoms with Gasteiger partial charge in [-0.3, -0.25) is 0 Å². The van der Waals surface area contributed by atoms with Crippen molar-refractivity contribution in [2.45, 2.75) is 65.5 Å². The first-order chi connectivity index (χ1) is 9.62. The predicted octanol–water partition coefficient (Wildman–Crippen LogP) is 2.61. The van der Waals surface area contributed by atoms with Gasteiger partial charge in [0.2, 0.25) is 0 Å². The van der Waals surface area contributed by atoms with Crippen LogP contribution in [0.25, 0.3) is 0 Å². The van der Waals surface area contributed by atoms with Crippen molar-refractivity contribution < 1.29 is 24.7 Å². The van der Waals surface area contributed by atoms with E-state index in [-0.39, 0.29) is 0 Å². The van der Waals surface area contributed by atoms with Crippen LogP contribution in [0.15, 0.2) is 0 Å². The molecule has 0 amide bonds. The summed E-state index contributed by atoms with van der Waals surface area (Å²) in [6, 6.07) is 0. The monoisotopic (exact) mass is 416 g/mol. The Labute approximate surface area is 143 Å². The normalized spacial score (nSPS) is 38.5. The number of hydrogen-bond donors (Lipinski definition) is 0. The van der Waals surface area contributed by atoms with Crippen molar-refractivity contribution in [3.63, 3.8) is 0 Å². The molecule has 0 unspecified atom stereocenters. The second kappa shape index (κ2) is 7.12. The van der Waals surface area contributed by atoms with Gasteiger partial charge in [-0.25, -0.2) is 0 Å². The van der Waals surface area contributed by atoms with Gasteiger partial charge >= 0.3 is 36.2 Å². The first-order valence-electron chi connectivity index (χ1n) is 7.73. The third-order valence-corrected chi connectivity index (χ3v) is 22.5. The largest absolute Gasteiger partial charge is 0.468 e. The maximum Gasteiger partial charge on any atom is 0.468 e. The van der Waals surface area contributed by atoms with Crippen molar-refractivity contribution in [2.75, 3.05) is 0 Å². The third-order valence-electron chi connectivity index (χ3n) is 2.50. The van der Waals surface area contributed by atoms with E-state index in [4.69, 9.17) is 24.7 Å². The Hall–Kier alpha value is 1.06. The second-order valence-corrected chi connectivity index (χ2v) is 27.3. The van der Waals surface area contributed by atoms with E-state index in [1.165, 1.54) is 0 Å². The highest BCUT2D eigenvalue weighted by Gasteiger charge is 2.51. The lowest BCUT2D eigenvalue weighted by molar-refractivity contribution is 0.170. The summed E-state index contributed by atoms with van der Waals surface area (Å²) in [6.45, 7) is 20.8. The van der Waals surface area contributed by atoms with Crippen LogP contribution in [-0.4, -0.2) is 52.8 Å². The molecule has 0 aromatic carbocycles. The fraction of sp³-hybridized carbons (Fsp3) is 1.00. The molecule has 22 heavy (non-hydrogen) atoms. The minimum Gasteiger partial charge on any atom is -0.417 e. The molecule has 6 nitrogen and oxygen atoms in total. The highest BCUT2D eigenvalue weighted by molar-refractivity contribution is 6.88. The van der Waals surface area contributed by atoms with Gasteiger partial charge in [0, 0.05) is 13.1 Å². The van der Waals surface area contributed by atoms with Crippen molar-refractivity contribution in [3.8, 4) is 0 Å². The molecular formula is C10H32O6Si6. The minimum absolute atomic E-state index is 1.76. The van der Waals surface area contributed by atoms with E-state index in [1.54, 1.807) is 0 Å². The van der Waals surface area contributed by atoms with Gasteiger partial charge < -0.3 is 24.7 Å². The summed E-state index contributed by atoms with van der Waals surface area (Å²) in [5.74, 6) is 0. The average molecular weight is 417 g/mol. The standard InChI is InChI=1S/C10H32O6Si6/c1-17-11-21(9,15-19(3,4)5)13-18(2)14-22(10,12-17)16-20(6,7)8/h17-18H,1-10H3. The van der Waals surface area contributed by atoms with Gasteiger partial charge in [-0.1, -0.05) is 0 Å². The Morgan fingerprint density at radius 1 is 0.636 bits per heavy atom. The molecule has 0 atom stereocenters. The lowest BCUT2D eigenvalue weighted by Crippen LogP contribution is -2.63. The van der Waals surface area contributed by atoms with Crippen molar-refractivity contribution in [1.82, 2.24) is 0 Å². The Kier molecular flexibility index (Phi) is 6.83. The summed E-state index contributed by atoms with van der Waals surface area (Å²) in [7, 11) is -12.8. The highest BCUT2D eigenvalue weighted by atomic mass is 28.5. The first-order valence-corrected chi connectivity index (χ1v) is 23.2. The quantitative estimate of drug-likeness (QED) is 0.657. The lowest BCUT2D eigenvalue weighted by atomic mass is 11.8. The Morgan fingerprint density at radius 2 is 0.864 bits per heavy atom. The zero-order chi connectivity index (χ0) is 17.4. The molecule has 1 heterocycles. The fourth-order valence-electron chi connectivity index (χ4n) is 2.52. The van der Waals surface area contributed by atoms with Gasteiger partial charge in [-0.05, 0) is 52.4 Å². The molecule has 0 saturated carbocycles. The maximum atomic E-state index is 6.24. The topological polar surface area (TPSA) is 55.4 Å². The van der Waals surface area contributed by atoms with Crippen LogP contribution < -0.4 is 0 Å². The van der Waals surface area contributed by atoms with Crippen molar-refractivity contribution in [3.05, 3.63) is 0 Å². The zero-order valence-electron chi connectivity index (χ0n) is 15.6. The summed E-state index contributed by atoms with van der Waals surface area (Å²) in [4.78, 5) is 0. The van der Waals surface area contributed by atoms with Gasteiger partial charge in [0.05, 0.1) is 0 Å². The van der Waals surface area contributed by atoms with E-state index in [0.717, 1.165) is 0 Å². The second-order valence-electron chi connectivity index (χ2n) is 7.76. The maximum absolute atomic E-state index is 6.24. The summed E-state index contributed by atoms with van der Waals surface area (Å²) in [5, 5.41) is 0. The van der Waals surface area contributed by atoms with Crippen LogP contribution >= 0.6 is 0 Å². The van der Waals surface area contributed by atoms with Crippen LogP contribution in [0.1, 0.15) is 0 Å². The van der Waals surface area contributed by atoms with Gasteiger partial charge in [-0.15, -0.1) is 0 Å². The van der Waals surface area contributed by atoms with Gasteiger partial charge in [0.1, 0.15) is 0 Å². The Morgan fingerprint density at radius 3 is 1.05 bits per heavy atom. The van der Waals surface area contributed by atoms with Crippen LogP contribution in [0.3, 0.4) is 0 Å². The van der Waals surface area contributed by atoms with E-state index >= 15 is 0 Å². The lowest BCUT2D eigenvalue weighted by Gasteiger charge is -2.43. The molecule has 0 aromatic heterocycles. The summed E-state index contributed by atoms with van der Waals surface area (Å²) < 4.78 is 37.3. The van der Waals surface area contributed by atoms with E-state index in [1.807, 2.05) is 26.2 Å². The molecule has 1 rings (SSSR count). The van der Waals surface area contributed by atoms with Crippen LogP contribution in [0.4, 0.5) is 0 Å². The van der Waals surface area contributed by atoms with E-state index in [2.05, 4.69) is 39.3 Å². The average Bonchev–Trinajstić information content (AvgIpc) is 2.03. The smallest absolute Gasteiger partial charge is 0.417 e. The van der Waals surface area contributed by atoms with Crippen molar-refractivity contribution >= 4 is 52.8 Å². The molecule has 0 bridgehead atoms. The fourth-order valence-corrected chi connectivity index (χ4v) is 26.3. The van der Waals surface area contributed by atoms with Crippen molar-refractivity contribution in [1.29, 1.82) is 0 Å². The van der Waals surface area contributed by atoms with Crippen molar-refractivity contribution in [2.24, 2.45) is 0 Å². The van der Waals surface area contributed by atoms with Gasteiger partial charge in [-0.2, -0.15) is 0 Å². The molecule has 12 heteroatoms. The van der Waals surface area contributed by atoms with Crippen LogP contribution in [0, 0.1) is 0 Å². The minimum atomic E-state index is -2.69. The van der Waals surface area contributed by atoms with Crippen LogP contribution in [-0.2, 0) is 24.7 Å². The first kappa shape index (κ1) is 21.1. The molecule has 132 valence electrons. The Balaban J connectivity index is 2.90. The van der Waals surface area contributed by atoms with E-state index in [9.17, 15) is 0 Å². The van der Waals surface area contributed by atoms with Crippen LogP contribution in [0.2, 0.25) is 65.5 Å². The van der Waals surface area contributed by atoms with Crippen LogP contribution in [0.5, 0.6) is 0 Å².